The van der Waals surface area contributed by atoms with Crippen molar-refractivity contribution < 1.29 is 18.6 Å². The number of ether oxygens (including phenoxy) is 1. The lowest BCUT2D eigenvalue weighted by Gasteiger charge is -2.16. The number of aliphatic hydroxyl groups is 1. The van der Waals surface area contributed by atoms with Crippen LogP contribution in [0.3, 0.4) is 0 Å². The van der Waals surface area contributed by atoms with Crippen LogP contribution in [-0.4, -0.2) is 11.7 Å². The molecule has 0 aliphatic rings. The topological polar surface area (TPSA) is 29.5 Å². The molecule has 1 atom stereocenters. The zero-order chi connectivity index (χ0) is 15.2. The molecule has 1 N–H and O–H groups in total. The average molecular weight is 292 g/mol. The number of alkyl halides is 2. The second kappa shape index (κ2) is 7.18. The highest BCUT2D eigenvalue weighted by Gasteiger charge is 2.17. The van der Waals surface area contributed by atoms with Crippen LogP contribution in [0, 0.1) is 0 Å². The van der Waals surface area contributed by atoms with Crippen LogP contribution < -0.4 is 4.74 Å². The van der Waals surface area contributed by atoms with E-state index in [1.807, 2.05) is 24.3 Å². The first-order valence-corrected chi connectivity index (χ1v) is 6.92. The highest BCUT2D eigenvalue weighted by Crippen LogP contribution is 2.31. The Kier molecular flexibility index (Phi) is 5.28. The Bertz CT molecular complexity index is 567. The molecular weight excluding hydrogens is 274 g/mol. The second-order valence-corrected chi connectivity index (χ2v) is 4.81. The second-order valence-electron chi connectivity index (χ2n) is 4.81. The maximum atomic E-state index is 12.4. The first-order chi connectivity index (χ1) is 10.1. The maximum absolute atomic E-state index is 12.4. The molecule has 0 aromatic heterocycles. The van der Waals surface area contributed by atoms with Gasteiger partial charge in [0.1, 0.15) is 11.9 Å². The van der Waals surface area contributed by atoms with Crippen LogP contribution in [0.25, 0.3) is 0 Å². The van der Waals surface area contributed by atoms with Gasteiger partial charge in [0.2, 0.25) is 0 Å². The molecule has 0 radical (unpaired) electrons. The summed E-state index contributed by atoms with van der Waals surface area (Å²) in [5.41, 5.74) is 2.17. The van der Waals surface area contributed by atoms with E-state index in [4.69, 9.17) is 0 Å². The van der Waals surface area contributed by atoms with E-state index in [1.165, 1.54) is 11.6 Å². The molecule has 2 nitrogen and oxygen atoms in total. The molecule has 0 saturated carbocycles. The fraction of sp³-hybridized carbons (Fsp3) is 0.294. The SMILES string of the molecule is CCCc1ccc(C(O)c2ccccc2OC(F)F)cc1. The van der Waals surface area contributed by atoms with Gasteiger partial charge in [-0.3, -0.25) is 0 Å². The van der Waals surface area contributed by atoms with Gasteiger partial charge in [-0.1, -0.05) is 55.8 Å². The van der Waals surface area contributed by atoms with Gasteiger partial charge in [-0.05, 0) is 23.6 Å². The third-order valence-corrected chi connectivity index (χ3v) is 3.26. The van der Waals surface area contributed by atoms with Crippen molar-refractivity contribution in [1.82, 2.24) is 0 Å². The Hall–Kier alpha value is -1.94. The molecule has 112 valence electrons. The monoisotopic (exact) mass is 292 g/mol. The van der Waals surface area contributed by atoms with E-state index in [9.17, 15) is 13.9 Å². The molecule has 4 heteroatoms. The van der Waals surface area contributed by atoms with Crippen molar-refractivity contribution in [2.75, 3.05) is 0 Å². The number of hydrogen-bond donors (Lipinski definition) is 1. The van der Waals surface area contributed by atoms with Crippen LogP contribution in [0.1, 0.15) is 36.1 Å². The number of para-hydroxylation sites is 1. The van der Waals surface area contributed by atoms with E-state index in [1.54, 1.807) is 18.2 Å². The Morgan fingerprint density at radius 2 is 1.71 bits per heavy atom. The zero-order valence-corrected chi connectivity index (χ0v) is 11.8. The Morgan fingerprint density at radius 1 is 1.05 bits per heavy atom. The van der Waals surface area contributed by atoms with Crippen LogP contribution >= 0.6 is 0 Å². The summed E-state index contributed by atoms with van der Waals surface area (Å²) in [6.07, 6.45) is 1.03. The molecule has 2 aromatic rings. The van der Waals surface area contributed by atoms with Crippen molar-refractivity contribution in [1.29, 1.82) is 0 Å². The van der Waals surface area contributed by atoms with Gasteiger partial charge in [-0.2, -0.15) is 8.78 Å². The molecule has 21 heavy (non-hydrogen) atoms. The number of halogens is 2. The number of rotatable bonds is 6. The van der Waals surface area contributed by atoms with Crippen LogP contribution in [0.4, 0.5) is 8.78 Å². The molecule has 0 aliphatic carbocycles. The van der Waals surface area contributed by atoms with Crippen LogP contribution in [0.15, 0.2) is 48.5 Å². The molecule has 2 aromatic carbocycles. The molecule has 0 saturated heterocycles. The van der Waals surface area contributed by atoms with E-state index < -0.39 is 12.7 Å². The fourth-order valence-electron chi connectivity index (χ4n) is 2.24. The smallest absolute Gasteiger partial charge is 0.387 e. The third-order valence-electron chi connectivity index (χ3n) is 3.26. The highest BCUT2D eigenvalue weighted by atomic mass is 19.3. The van der Waals surface area contributed by atoms with Crippen LogP contribution in [0.5, 0.6) is 5.75 Å². The van der Waals surface area contributed by atoms with Gasteiger partial charge in [0.25, 0.3) is 0 Å². The average Bonchev–Trinajstić information content (AvgIpc) is 2.48. The summed E-state index contributed by atoms with van der Waals surface area (Å²) in [4.78, 5) is 0. The van der Waals surface area contributed by atoms with E-state index in [-0.39, 0.29) is 5.75 Å². The lowest BCUT2D eigenvalue weighted by atomic mass is 9.99. The first kappa shape index (κ1) is 15.4. The molecule has 0 fully saturated rings. The van der Waals surface area contributed by atoms with Crippen molar-refractivity contribution >= 4 is 0 Å². The highest BCUT2D eigenvalue weighted by molar-refractivity contribution is 5.40. The summed E-state index contributed by atoms with van der Waals surface area (Å²) in [5.74, 6) is -0.00219. The van der Waals surface area contributed by atoms with Gasteiger partial charge in [-0.15, -0.1) is 0 Å². The Balaban J connectivity index is 2.24. The van der Waals surface area contributed by atoms with E-state index in [0.29, 0.717) is 11.1 Å². The summed E-state index contributed by atoms with van der Waals surface area (Å²) in [5, 5.41) is 10.4. The van der Waals surface area contributed by atoms with Crippen LogP contribution in [-0.2, 0) is 6.42 Å². The molecular formula is C17H18F2O2. The van der Waals surface area contributed by atoms with Gasteiger partial charge < -0.3 is 9.84 Å². The van der Waals surface area contributed by atoms with Gasteiger partial charge in [0, 0.05) is 5.56 Å². The lowest BCUT2D eigenvalue weighted by molar-refractivity contribution is -0.0512. The number of hydrogen-bond acceptors (Lipinski definition) is 2. The van der Waals surface area contributed by atoms with Gasteiger partial charge >= 0.3 is 6.61 Å². The third kappa shape index (κ3) is 4.02. The summed E-state index contributed by atoms with van der Waals surface area (Å²) >= 11 is 0. The number of aryl methyl sites for hydroxylation is 1. The lowest BCUT2D eigenvalue weighted by Crippen LogP contribution is -2.08. The van der Waals surface area contributed by atoms with E-state index >= 15 is 0 Å². The quantitative estimate of drug-likeness (QED) is 0.859. The molecule has 0 heterocycles. The molecule has 0 spiro atoms. The predicted octanol–water partition coefficient (Wildman–Crippen LogP) is 4.32. The summed E-state index contributed by atoms with van der Waals surface area (Å²) in [7, 11) is 0. The van der Waals surface area contributed by atoms with E-state index in [0.717, 1.165) is 12.8 Å². The van der Waals surface area contributed by atoms with Crippen molar-refractivity contribution in [2.45, 2.75) is 32.5 Å². The number of aliphatic hydroxyl groups excluding tert-OH is 1. The summed E-state index contributed by atoms with van der Waals surface area (Å²) in [6, 6.07) is 13.8. The van der Waals surface area contributed by atoms with Crippen molar-refractivity contribution in [3.63, 3.8) is 0 Å². The fourth-order valence-corrected chi connectivity index (χ4v) is 2.24. The van der Waals surface area contributed by atoms with Crippen molar-refractivity contribution in [2.24, 2.45) is 0 Å². The summed E-state index contributed by atoms with van der Waals surface area (Å²) < 4.78 is 29.3. The molecule has 1 unspecified atom stereocenters. The minimum atomic E-state index is -2.91. The molecule has 2 rings (SSSR count). The van der Waals surface area contributed by atoms with Crippen molar-refractivity contribution in [3.05, 3.63) is 65.2 Å². The zero-order valence-electron chi connectivity index (χ0n) is 11.8. The molecule has 0 aliphatic heterocycles. The number of benzene rings is 2. The van der Waals surface area contributed by atoms with Gasteiger partial charge in [-0.25, -0.2) is 0 Å². The molecule has 0 amide bonds. The van der Waals surface area contributed by atoms with Crippen LogP contribution in [0.2, 0.25) is 0 Å². The minimum absolute atomic E-state index is 0.00219. The standard InChI is InChI=1S/C17H18F2O2/c1-2-5-12-8-10-13(11-9-12)16(20)14-6-3-4-7-15(14)21-17(18)19/h3-4,6-11,16-17,20H,2,5H2,1H3. The largest absolute Gasteiger partial charge is 0.434 e. The predicted molar refractivity (Wildman–Crippen MR) is 77.6 cm³/mol. The van der Waals surface area contributed by atoms with Gasteiger partial charge in [0.15, 0.2) is 0 Å². The minimum Gasteiger partial charge on any atom is -0.434 e. The van der Waals surface area contributed by atoms with Gasteiger partial charge in [0.05, 0.1) is 0 Å². The normalized spacial score (nSPS) is 12.4. The Morgan fingerprint density at radius 3 is 2.33 bits per heavy atom. The van der Waals surface area contributed by atoms with E-state index in [2.05, 4.69) is 11.7 Å². The first-order valence-electron chi connectivity index (χ1n) is 6.92. The Labute approximate surface area is 123 Å². The summed E-state index contributed by atoms with van der Waals surface area (Å²) in [6.45, 7) is -0.814. The van der Waals surface area contributed by atoms with Crippen molar-refractivity contribution in [3.8, 4) is 5.75 Å². The maximum Gasteiger partial charge on any atom is 0.387 e. The molecule has 0 bridgehead atoms.